The highest BCUT2D eigenvalue weighted by Gasteiger charge is 2.28. The molecule has 0 aliphatic heterocycles. The van der Waals surface area contributed by atoms with Crippen LogP contribution < -0.4 is 21.7 Å². The van der Waals surface area contributed by atoms with Gasteiger partial charge < -0.3 is 31.9 Å². The minimum absolute atomic E-state index is 0.347. The molecule has 0 spiro atoms. The number of hydrogen-bond acceptors (Lipinski definition) is 6. The number of nitrogens with one attached hydrogen (secondary N) is 3. The number of aliphatic carboxylic acids is 2. The summed E-state index contributed by atoms with van der Waals surface area (Å²) in [6.45, 7) is 6.07. The van der Waals surface area contributed by atoms with E-state index in [1.807, 2.05) is 0 Å². The van der Waals surface area contributed by atoms with Crippen LogP contribution >= 0.6 is 0 Å². The summed E-state index contributed by atoms with van der Waals surface area (Å²) in [5.41, 5.74) is 5.46. The van der Waals surface area contributed by atoms with Crippen molar-refractivity contribution in [1.82, 2.24) is 16.0 Å². The third kappa shape index (κ3) is 8.99. The van der Waals surface area contributed by atoms with Gasteiger partial charge in [0.25, 0.3) is 0 Å². The second kappa shape index (κ2) is 11.1. The van der Waals surface area contributed by atoms with Crippen molar-refractivity contribution in [2.75, 3.05) is 6.54 Å². The highest BCUT2D eigenvalue weighted by molar-refractivity contribution is 5.93. The van der Waals surface area contributed by atoms with E-state index < -0.39 is 60.8 Å². The zero-order valence-corrected chi connectivity index (χ0v) is 15.8. The SMILES string of the molecule is CC(C)C(NC(=O)CNC(=O)C(NC(=O)C(N)CC(=O)O)C(C)C)C(=O)O. The number of carbonyl (C=O) groups is 5. The van der Waals surface area contributed by atoms with Gasteiger partial charge in [-0.2, -0.15) is 0 Å². The molecular weight excluding hydrogens is 360 g/mol. The monoisotopic (exact) mass is 388 g/mol. The smallest absolute Gasteiger partial charge is 0.326 e. The van der Waals surface area contributed by atoms with Gasteiger partial charge in [0.05, 0.1) is 19.0 Å². The van der Waals surface area contributed by atoms with E-state index in [0.717, 1.165) is 0 Å². The van der Waals surface area contributed by atoms with Gasteiger partial charge in [-0.25, -0.2) is 4.79 Å². The van der Waals surface area contributed by atoms with Gasteiger partial charge in [-0.05, 0) is 11.8 Å². The summed E-state index contributed by atoms with van der Waals surface area (Å²) in [7, 11) is 0. The van der Waals surface area contributed by atoms with E-state index in [1.54, 1.807) is 27.7 Å². The summed E-state index contributed by atoms with van der Waals surface area (Å²) < 4.78 is 0. The van der Waals surface area contributed by atoms with Crippen LogP contribution in [-0.4, -0.2) is 64.5 Å². The third-order valence-electron chi connectivity index (χ3n) is 3.65. The second-order valence-electron chi connectivity index (χ2n) is 6.78. The van der Waals surface area contributed by atoms with Gasteiger partial charge in [-0.15, -0.1) is 0 Å². The third-order valence-corrected chi connectivity index (χ3v) is 3.65. The van der Waals surface area contributed by atoms with Crippen molar-refractivity contribution in [2.45, 2.75) is 52.2 Å². The molecule has 0 aromatic rings. The minimum atomic E-state index is -1.32. The quantitative estimate of drug-likeness (QED) is 0.241. The van der Waals surface area contributed by atoms with Gasteiger partial charge in [0, 0.05) is 0 Å². The van der Waals surface area contributed by atoms with E-state index in [9.17, 15) is 24.0 Å². The minimum Gasteiger partial charge on any atom is -0.481 e. The topological polar surface area (TPSA) is 188 Å². The fourth-order valence-electron chi connectivity index (χ4n) is 2.09. The largest absolute Gasteiger partial charge is 0.481 e. The maximum Gasteiger partial charge on any atom is 0.326 e. The van der Waals surface area contributed by atoms with Crippen LogP contribution in [0.3, 0.4) is 0 Å². The highest BCUT2D eigenvalue weighted by atomic mass is 16.4. The number of carbonyl (C=O) groups excluding carboxylic acids is 3. The van der Waals surface area contributed by atoms with Crippen LogP contribution in [0.15, 0.2) is 0 Å². The molecule has 3 atom stereocenters. The van der Waals surface area contributed by atoms with Crippen molar-refractivity contribution in [3.8, 4) is 0 Å². The average Bonchev–Trinajstić information content (AvgIpc) is 2.53. The maximum absolute atomic E-state index is 12.2. The summed E-state index contributed by atoms with van der Waals surface area (Å²) >= 11 is 0. The van der Waals surface area contributed by atoms with E-state index in [1.165, 1.54) is 0 Å². The number of carboxylic acids is 2. The van der Waals surface area contributed by atoms with Crippen molar-refractivity contribution in [3.63, 3.8) is 0 Å². The highest BCUT2D eigenvalue weighted by Crippen LogP contribution is 2.04. The maximum atomic E-state index is 12.2. The lowest BCUT2D eigenvalue weighted by Gasteiger charge is -2.23. The van der Waals surface area contributed by atoms with Gasteiger partial charge in [-0.1, -0.05) is 27.7 Å². The van der Waals surface area contributed by atoms with Gasteiger partial charge in [0.15, 0.2) is 0 Å². The van der Waals surface area contributed by atoms with Crippen molar-refractivity contribution >= 4 is 29.7 Å². The predicted molar refractivity (Wildman–Crippen MR) is 94.4 cm³/mol. The molecule has 27 heavy (non-hydrogen) atoms. The van der Waals surface area contributed by atoms with Crippen LogP contribution in [0.2, 0.25) is 0 Å². The first-order valence-electron chi connectivity index (χ1n) is 8.44. The van der Waals surface area contributed by atoms with E-state index in [-0.39, 0.29) is 11.8 Å². The molecule has 7 N–H and O–H groups in total. The summed E-state index contributed by atoms with van der Waals surface area (Å²) in [6, 6.07) is -3.45. The summed E-state index contributed by atoms with van der Waals surface area (Å²) in [5.74, 6) is -5.32. The summed E-state index contributed by atoms with van der Waals surface area (Å²) in [4.78, 5) is 57.7. The molecule has 11 heteroatoms. The molecule has 0 bridgehead atoms. The van der Waals surface area contributed by atoms with Crippen LogP contribution in [0.5, 0.6) is 0 Å². The Morgan fingerprint density at radius 1 is 0.852 bits per heavy atom. The fourth-order valence-corrected chi connectivity index (χ4v) is 2.09. The molecular formula is C16H28N4O7. The number of amides is 3. The first-order valence-corrected chi connectivity index (χ1v) is 8.44. The normalized spacial score (nSPS) is 14.2. The zero-order valence-electron chi connectivity index (χ0n) is 15.8. The lowest BCUT2D eigenvalue weighted by atomic mass is 10.0. The Kier molecular flexibility index (Phi) is 10.0. The number of hydrogen-bond donors (Lipinski definition) is 6. The molecule has 0 rings (SSSR count). The average molecular weight is 388 g/mol. The first kappa shape index (κ1) is 24.3. The molecule has 11 nitrogen and oxygen atoms in total. The molecule has 154 valence electrons. The summed E-state index contributed by atoms with van der Waals surface area (Å²) in [5, 5.41) is 24.7. The van der Waals surface area contributed by atoms with Crippen molar-refractivity contribution in [3.05, 3.63) is 0 Å². The Morgan fingerprint density at radius 3 is 1.78 bits per heavy atom. The number of carboxylic acid groups (broad SMARTS) is 2. The molecule has 0 fully saturated rings. The van der Waals surface area contributed by atoms with Crippen molar-refractivity contribution in [1.29, 1.82) is 0 Å². The van der Waals surface area contributed by atoms with Gasteiger partial charge >= 0.3 is 11.9 Å². The standard InChI is InChI=1S/C16H28N4O7/c1-7(2)12(20-14(24)9(17)5-11(22)23)15(25)18-6-10(21)19-13(8(3)4)16(26)27/h7-9,12-13H,5-6,17H2,1-4H3,(H,18,25)(H,19,21)(H,20,24)(H,22,23)(H,26,27). The molecule has 3 amide bonds. The van der Waals surface area contributed by atoms with Gasteiger partial charge in [0.2, 0.25) is 17.7 Å². The van der Waals surface area contributed by atoms with Crippen LogP contribution in [0.1, 0.15) is 34.1 Å². The number of rotatable bonds is 11. The molecule has 0 aliphatic rings. The summed E-state index contributed by atoms with van der Waals surface area (Å²) in [6.07, 6.45) is -0.591. The Bertz CT molecular complexity index is 577. The van der Waals surface area contributed by atoms with E-state index in [0.29, 0.717) is 0 Å². The predicted octanol–water partition coefficient (Wildman–Crippen LogP) is -1.73. The second-order valence-corrected chi connectivity index (χ2v) is 6.78. The van der Waals surface area contributed by atoms with Crippen LogP contribution in [0.25, 0.3) is 0 Å². The van der Waals surface area contributed by atoms with E-state index >= 15 is 0 Å². The Labute approximate surface area is 157 Å². The lowest BCUT2D eigenvalue weighted by molar-refractivity contribution is -0.143. The lowest BCUT2D eigenvalue weighted by Crippen LogP contribution is -2.55. The van der Waals surface area contributed by atoms with E-state index in [4.69, 9.17) is 15.9 Å². The number of nitrogens with two attached hydrogens (primary N) is 1. The van der Waals surface area contributed by atoms with Crippen molar-refractivity contribution in [2.24, 2.45) is 17.6 Å². The van der Waals surface area contributed by atoms with Gasteiger partial charge in [0.1, 0.15) is 12.1 Å². The van der Waals surface area contributed by atoms with Crippen LogP contribution in [0, 0.1) is 11.8 Å². The van der Waals surface area contributed by atoms with Gasteiger partial charge in [-0.3, -0.25) is 19.2 Å². The molecule has 0 saturated heterocycles. The molecule has 0 aromatic carbocycles. The van der Waals surface area contributed by atoms with Crippen LogP contribution in [0.4, 0.5) is 0 Å². The van der Waals surface area contributed by atoms with Crippen LogP contribution in [-0.2, 0) is 24.0 Å². The fraction of sp³-hybridized carbons (Fsp3) is 0.688. The molecule has 0 radical (unpaired) electrons. The molecule has 0 heterocycles. The van der Waals surface area contributed by atoms with Crippen molar-refractivity contribution < 1.29 is 34.2 Å². The Balaban J connectivity index is 4.77. The Morgan fingerprint density at radius 2 is 1.37 bits per heavy atom. The molecule has 3 unspecified atom stereocenters. The molecule has 0 aromatic heterocycles. The molecule has 0 saturated carbocycles. The van der Waals surface area contributed by atoms with E-state index in [2.05, 4.69) is 16.0 Å². The first-order chi connectivity index (χ1) is 12.4. The Hall–Kier alpha value is -2.69. The molecule has 0 aliphatic carbocycles. The zero-order chi connectivity index (χ0) is 21.3.